The first-order valence-corrected chi connectivity index (χ1v) is 8.10. The summed E-state index contributed by atoms with van der Waals surface area (Å²) in [7, 11) is 0. The van der Waals surface area contributed by atoms with Gasteiger partial charge in [-0.3, -0.25) is 9.78 Å². The SMILES string of the molecule is Cc1cccnc1[C@@H](C)NC(=O)CN1Cc2c(ccc(F)c2F)NC1=O. The summed E-state index contributed by atoms with van der Waals surface area (Å²) in [5.74, 6) is -2.44. The predicted octanol–water partition coefficient (Wildman–Crippen LogP) is 2.89. The Morgan fingerprint density at radius 3 is 2.88 bits per heavy atom. The molecular formula is C18H18F2N4O2. The molecule has 2 heterocycles. The number of nitrogens with zero attached hydrogens (tertiary/aromatic N) is 2. The molecule has 1 atom stereocenters. The van der Waals surface area contributed by atoms with Gasteiger partial charge in [0.05, 0.1) is 24.0 Å². The molecule has 0 aliphatic carbocycles. The highest BCUT2D eigenvalue weighted by Gasteiger charge is 2.28. The van der Waals surface area contributed by atoms with Crippen molar-refractivity contribution in [2.24, 2.45) is 0 Å². The third-order valence-electron chi connectivity index (χ3n) is 4.25. The summed E-state index contributed by atoms with van der Waals surface area (Å²) in [6, 6.07) is 5.05. The number of aromatic nitrogens is 1. The summed E-state index contributed by atoms with van der Waals surface area (Å²) in [6.45, 7) is 3.21. The fourth-order valence-electron chi connectivity index (χ4n) is 2.93. The van der Waals surface area contributed by atoms with Crippen molar-refractivity contribution in [3.05, 3.63) is 58.9 Å². The van der Waals surface area contributed by atoms with Crippen molar-refractivity contribution in [2.45, 2.75) is 26.4 Å². The molecular weight excluding hydrogens is 342 g/mol. The van der Waals surface area contributed by atoms with Crippen molar-refractivity contribution in [3.63, 3.8) is 0 Å². The third kappa shape index (κ3) is 3.49. The van der Waals surface area contributed by atoms with Gasteiger partial charge < -0.3 is 15.5 Å². The topological polar surface area (TPSA) is 74.3 Å². The lowest BCUT2D eigenvalue weighted by atomic mass is 10.1. The zero-order valence-electron chi connectivity index (χ0n) is 14.3. The Balaban J connectivity index is 1.69. The van der Waals surface area contributed by atoms with E-state index in [1.54, 1.807) is 19.2 Å². The van der Waals surface area contributed by atoms with Crippen molar-refractivity contribution in [1.82, 2.24) is 15.2 Å². The van der Waals surface area contributed by atoms with Gasteiger partial charge in [-0.2, -0.15) is 0 Å². The minimum atomic E-state index is -1.02. The third-order valence-corrected chi connectivity index (χ3v) is 4.25. The van der Waals surface area contributed by atoms with Gasteiger partial charge in [0.2, 0.25) is 5.91 Å². The fraction of sp³-hybridized carbons (Fsp3) is 0.278. The van der Waals surface area contributed by atoms with E-state index in [9.17, 15) is 18.4 Å². The second-order valence-electron chi connectivity index (χ2n) is 6.17. The number of aryl methyl sites for hydroxylation is 1. The molecule has 6 nitrogen and oxygen atoms in total. The number of urea groups is 1. The van der Waals surface area contributed by atoms with Gasteiger partial charge in [-0.05, 0) is 37.6 Å². The van der Waals surface area contributed by atoms with Crippen LogP contribution in [0.5, 0.6) is 0 Å². The number of benzene rings is 1. The average Bonchev–Trinajstić information content (AvgIpc) is 2.60. The number of carbonyl (C=O) groups is 2. The highest BCUT2D eigenvalue weighted by molar-refractivity contribution is 5.94. The second-order valence-corrected chi connectivity index (χ2v) is 6.17. The molecule has 8 heteroatoms. The van der Waals surface area contributed by atoms with Crippen LogP contribution in [0.15, 0.2) is 30.5 Å². The summed E-state index contributed by atoms with van der Waals surface area (Å²) in [4.78, 5) is 29.8. The smallest absolute Gasteiger partial charge is 0.322 e. The van der Waals surface area contributed by atoms with Gasteiger partial charge in [-0.1, -0.05) is 6.07 Å². The number of hydrogen-bond acceptors (Lipinski definition) is 3. The molecule has 0 saturated heterocycles. The van der Waals surface area contributed by atoms with Crippen LogP contribution in [0.25, 0.3) is 0 Å². The second kappa shape index (κ2) is 7.07. The first kappa shape index (κ1) is 17.8. The molecule has 2 aromatic rings. The summed E-state index contributed by atoms with van der Waals surface area (Å²) in [5, 5.41) is 5.23. The predicted molar refractivity (Wildman–Crippen MR) is 91.3 cm³/mol. The molecule has 0 saturated carbocycles. The van der Waals surface area contributed by atoms with E-state index in [4.69, 9.17) is 0 Å². The van der Waals surface area contributed by atoms with E-state index in [1.165, 1.54) is 6.07 Å². The van der Waals surface area contributed by atoms with E-state index < -0.39 is 23.6 Å². The molecule has 1 aliphatic rings. The van der Waals surface area contributed by atoms with Crippen LogP contribution in [0, 0.1) is 18.6 Å². The van der Waals surface area contributed by atoms with E-state index in [0.717, 1.165) is 22.2 Å². The number of hydrogen-bond donors (Lipinski definition) is 2. The van der Waals surface area contributed by atoms with Gasteiger partial charge in [0, 0.05) is 11.8 Å². The van der Waals surface area contributed by atoms with Gasteiger partial charge in [0.15, 0.2) is 11.6 Å². The maximum Gasteiger partial charge on any atom is 0.322 e. The van der Waals surface area contributed by atoms with Crippen molar-refractivity contribution < 1.29 is 18.4 Å². The summed E-state index contributed by atoms with van der Waals surface area (Å²) < 4.78 is 27.3. The number of halogens is 2. The van der Waals surface area contributed by atoms with Crippen molar-refractivity contribution >= 4 is 17.6 Å². The van der Waals surface area contributed by atoms with Gasteiger partial charge >= 0.3 is 6.03 Å². The number of nitrogens with one attached hydrogen (secondary N) is 2. The number of pyridine rings is 1. The minimum Gasteiger partial charge on any atom is -0.346 e. The standard InChI is InChI=1S/C18H18F2N4O2/c1-10-4-3-7-21-17(10)11(2)22-15(25)9-24-8-12-14(23-18(24)26)6-5-13(19)16(12)20/h3-7,11H,8-9H2,1-2H3,(H,22,25)(H,23,26)/t11-/m1/s1. The number of fused-ring (bicyclic) bond motifs is 1. The van der Waals surface area contributed by atoms with E-state index in [0.29, 0.717) is 0 Å². The maximum absolute atomic E-state index is 13.9. The zero-order valence-corrected chi connectivity index (χ0v) is 14.3. The summed E-state index contributed by atoms with van der Waals surface area (Å²) >= 11 is 0. The van der Waals surface area contributed by atoms with Crippen molar-refractivity contribution in [1.29, 1.82) is 0 Å². The van der Waals surface area contributed by atoms with Crippen LogP contribution < -0.4 is 10.6 Å². The highest BCUT2D eigenvalue weighted by Crippen LogP contribution is 2.27. The quantitative estimate of drug-likeness (QED) is 0.880. The Labute approximate surface area is 149 Å². The van der Waals surface area contributed by atoms with Crippen LogP contribution in [-0.2, 0) is 11.3 Å². The Hall–Kier alpha value is -3.03. The Bertz CT molecular complexity index is 872. The molecule has 0 bridgehead atoms. The average molecular weight is 360 g/mol. The lowest BCUT2D eigenvalue weighted by Gasteiger charge is -2.29. The molecule has 136 valence electrons. The fourth-order valence-corrected chi connectivity index (χ4v) is 2.93. The number of amides is 3. The Kier molecular flexibility index (Phi) is 4.83. The van der Waals surface area contributed by atoms with Crippen LogP contribution in [0.1, 0.15) is 29.8 Å². The van der Waals surface area contributed by atoms with Crippen LogP contribution in [-0.4, -0.2) is 28.4 Å². The maximum atomic E-state index is 13.9. The van der Waals surface area contributed by atoms with Gasteiger partial charge in [-0.25, -0.2) is 13.6 Å². The molecule has 0 unspecified atom stereocenters. The molecule has 3 rings (SSSR count). The van der Waals surface area contributed by atoms with Crippen LogP contribution in [0.2, 0.25) is 0 Å². The van der Waals surface area contributed by atoms with Gasteiger partial charge in [0.25, 0.3) is 0 Å². The van der Waals surface area contributed by atoms with Crippen LogP contribution in [0.3, 0.4) is 0 Å². The molecule has 3 amide bonds. The lowest BCUT2D eigenvalue weighted by molar-refractivity contribution is -0.122. The molecule has 0 radical (unpaired) electrons. The van der Waals surface area contributed by atoms with E-state index >= 15 is 0 Å². The Morgan fingerprint density at radius 2 is 2.15 bits per heavy atom. The summed E-state index contributed by atoms with van der Waals surface area (Å²) in [6.07, 6.45) is 1.64. The van der Waals surface area contributed by atoms with Crippen LogP contribution >= 0.6 is 0 Å². The molecule has 1 aromatic carbocycles. The van der Waals surface area contributed by atoms with Crippen molar-refractivity contribution in [2.75, 3.05) is 11.9 Å². The first-order valence-electron chi connectivity index (χ1n) is 8.10. The van der Waals surface area contributed by atoms with Gasteiger partial charge in [-0.15, -0.1) is 0 Å². The monoisotopic (exact) mass is 360 g/mol. The highest BCUT2D eigenvalue weighted by atomic mass is 19.2. The lowest BCUT2D eigenvalue weighted by Crippen LogP contribution is -2.45. The Morgan fingerprint density at radius 1 is 1.38 bits per heavy atom. The molecule has 0 fully saturated rings. The number of anilines is 1. The largest absolute Gasteiger partial charge is 0.346 e. The van der Waals surface area contributed by atoms with E-state index in [1.807, 2.05) is 13.0 Å². The minimum absolute atomic E-state index is 0.0195. The molecule has 26 heavy (non-hydrogen) atoms. The first-order chi connectivity index (χ1) is 12.4. The van der Waals surface area contributed by atoms with Crippen LogP contribution in [0.4, 0.5) is 19.3 Å². The zero-order chi connectivity index (χ0) is 18.8. The molecule has 2 N–H and O–H groups in total. The number of carbonyl (C=O) groups excluding carboxylic acids is 2. The van der Waals surface area contributed by atoms with E-state index in [2.05, 4.69) is 15.6 Å². The van der Waals surface area contributed by atoms with E-state index in [-0.39, 0.29) is 30.4 Å². The summed E-state index contributed by atoms with van der Waals surface area (Å²) in [5.41, 5.74) is 1.89. The van der Waals surface area contributed by atoms with Crippen molar-refractivity contribution in [3.8, 4) is 0 Å². The van der Waals surface area contributed by atoms with Gasteiger partial charge in [0.1, 0.15) is 6.54 Å². The normalized spacial score (nSPS) is 14.5. The molecule has 1 aliphatic heterocycles. The molecule has 0 spiro atoms. The molecule has 1 aromatic heterocycles. The number of rotatable bonds is 4.